The van der Waals surface area contributed by atoms with E-state index in [0.717, 1.165) is 0 Å². The molecule has 0 spiro atoms. The quantitative estimate of drug-likeness (QED) is 0.507. The first kappa shape index (κ1) is 23.5. The van der Waals surface area contributed by atoms with Crippen LogP contribution in [0.1, 0.15) is 36.2 Å². The molecule has 0 atom stereocenters. The summed E-state index contributed by atoms with van der Waals surface area (Å²) in [5.41, 5.74) is 0.464. The first-order chi connectivity index (χ1) is 16.3. The van der Waals surface area contributed by atoms with Crippen LogP contribution in [0.3, 0.4) is 0 Å². The Labute approximate surface area is 197 Å². The lowest BCUT2D eigenvalue weighted by Gasteiger charge is -2.38. The van der Waals surface area contributed by atoms with Gasteiger partial charge in [0.2, 0.25) is 0 Å². The van der Waals surface area contributed by atoms with Crippen molar-refractivity contribution in [2.24, 2.45) is 0 Å². The van der Waals surface area contributed by atoms with Crippen molar-refractivity contribution in [3.8, 4) is 17.0 Å². The van der Waals surface area contributed by atoms with Crippen LogP contribution in [-0.4, -0.2) is 58.7 Å². The van der Waals surface area contributed by atoms with Crippen molar-refractivity contribution in [3.63, 3.8) is 0 Å². The van der Waals surface area contributed by atoms with E-state index in [-0.39, 0.29) is 28.5 Å². The Morgan fingerprint density at radius 3 is 2.57 bits per heavy atom. The van der Waals surface area contributed by atoms with Crippen molar-refractivity contribution in [1.29, 1.82) is 0 Å². The Hall–Kier alpha value is -3.22. The van der Waals surface area contributed by atoms with E-state index in [1.165, 1.54) is 35.1 Å². The molecule has 1 aliphatic carbocycles. The minimum absolute atomic E-state index is 0.102. The number of rotatable bonds is 6. The molecule has 2 fully saturated rings. The number of carbonyl (C=O) groups excluding carboxylic acids is 1. The highest BCUT2D eigenvalue weighted by atomic mass is 32.2. The van der Waals surface area contributed by atoms with Crippen LogP contribution in [0.5, 0.6) is 5.75 Å². The molecule has 8 nitrogen and oxygen atoms in total. The number of nitrogens with zero attached hydrogens (tertiary/aromatic N) is 3. The van der Waals surface area contributed by atoms with Gasteiger partial charge in [-0.2, -0.15) is 13.9 Å². The molecule has 13 heteroatoms. The van der Waals surface area contributed by atoms with E-state index in [1.807, 2.05) is 0 Å². The van der Waals surface area contributed by atoms with Crippen molar-refractivity contribution in [1.82, 2.24) is 20.1 Å². The Balaban J connectivity index is 1.53. The van der Waals surface area contributed by atoms with Gasteiger partial charge in [-0.3, -0.25) is 14.5 Å². The average molecular weight is 512 g/mol. The van der Waals surface area contributed by atoms with E-state index < -0.39 is 52.7 Å². The molecule has 1 N–H and O–H groups in total. The predicted molar refractivity (Wildman–Crippen MR) is 117 cm³/mol. The summed E-state index contributed by atoms with van der Waals surface area (Å²) < 4.78 is 81.5. The second kappa shape index (κ2) is 7.90. The number of benzene rings is 1. The summed E-state index contributed by atoms with van der Waals surface area (Å²) >= 11 is 0. The van der Waals surface area contributed by atoms with Crippen LogP contribution in [0.4, 0.5) is 17.6 Å². The third kappa shape index (κ3) is 4.56. The molecule has 5 rings (SSSR count). The number of carbonyl (C=O) groups is 1. The Morgan fingerprint density at radius 1 is 1.23 bits per heavy atom. The fraction of sp³-hybridized carbons (Fsp3) is 0.409. The Bertz CT molecular complexity index is 1420. The summed E-state index contributed by atoms with van der Waals surface area (Å²) in [5, 5.41) is 7.14. The normalized spacial score (nSPS) is 20.3. The second-order valence-corrected chi connectivity index (χ2v) is 11.3. The highest BCUT2D eigenvalue weighted by Crippen LogP contribution is 2.47. The summed E-state index contributed by atoms with van der Waals surface area (Å²) in [6, 6.07) is 6.59. The van der Waals surface area contributed by atoms with Gasteiger partial charge in [-0.15, -0.1) is 0 Å². The monoisotopic (exact) mass is 512 g/mol. The fourth-order valence-corrected chi connectivity index (χ4v) is 6.59. The fourth-order valence-electron chi connectivity index (χ4n) is 4.59. The van der Waals surface area contributed by atoms with Crippen molar-refractivity contribution in [3.05, 3.63) is 42.1 Å². The minimum Gasteiger partial charge on any atom is -0.435 e. The summed E-state index contributed by atoms with van der Waals surface area (Å²) in [5.74, 6) is -3.86. The van der Waals surface area contributed by atoms with E-state index in [1.54, 1.807) is 13.0 Å². The molecule has 1 aromatic carbocycles. The zero-order chi connectivity index (χ0) is 25.2. The smallest absolute Gasteiger partial charge is 0.387 e. The van der Waals surface area contributed by atoms with Crippen molar-refractivity contribution < 1.29 is 35.5 Å². The largest absolute Gasteiger partial charge is 0.435 e. The van der Waals surface area contributed by atoms with Crippen LogP contribution in [0, 0.1) is 0 Å². The predicted octanol–water partition coefficient (Wildman–Crippen LogP) is 3.59. The molecule has 35 heavy (non-hydrogen) atoms. The molecule has 2 aliphatic rings. The van der Waals surface area contributed by atoms with Crippen molar-refractivity contribution in [2.45, 2.75) is 43.9 Å². The third-order valence-electron chi connectivity index (χ3n) is 6.05. The Kier molecular flexibility index (Phi) is 5.31. The number of aromatic nitrogens is 3. The molecular formula is C22H20F4N4O4S. The SMILES string of the molecule is CC1(NC(=O)c2cnc3c(-c4cccc(OC(F)F)c4)nn(C4CC(F)(F)C4)c3c2)CS(=O)(=O)C1. The number of fused-ring (bicyclic) bond motifs is 1. The Morgan fingerprint density at radius 2 is 1.94 bits per heavy atom. The standard InChI is InChI=1S/C22H20F4N4O4S/c1-21(10-35(32,33)11-21)28-19(31)13-6-16-18(27-9-13)17(29-30(16)14-7-22(25,26)8-14)12-3-2-4-15(5-12)34-20(23)24/h2-6,9,14,20H,7-8,10-11H2,1H3,(H,28,31). The number of pyridine rings is 1. The number of halogens is 4. The number of ether oxygens (including phenoxy) is 1. The zero-order valence-electron chi connectivity index (χ0n) is 18.3. The van der Waals surface area contributed by atoms with Crippen LogP contribution < -0.4 is 10.1 Å². The minimum atomic E-state index is -3.19. The van der Waals surface area contributed by atoms with Gasteiger partial charge in [0.1, 0.15) is 17.0 Å². The number of nitrogens with one attached hydrogen (secondary N) is 1. The van der Waals surface area contributed by atoms with Crippen LogP contribution >= 0.6 is 0 Å². The van der Waals surface area contributed by atoms with Crippen LogP contribution in [0.25, 0.3) is 22.3 Å². The number of alkyl halides is 4. The van der Waals surface area contributed by atoms with Crippen LogP contribution in [0.2, 0.25) is 0 Å². The van der Waals surface area contributed by atoms with Crippen molar-refractivity contribution >= 4 is 26.8 Å². The lowest BCUT2D eigenvalue weighted by atomic mass is 9.88. The van der Waals surface area contributed by atoms with Gasteiger partial charge in [0.25, 0.3) is 11.8 Å². The van der Waals surface area contributed by atoms with E-state index in [0.29, 0.717) is 16.6 Å². The molecule has 1 aliphatic heterocycles. The molecule has 1 saturated heterocycles. The lowest BCUT2D eigenvalue weighted by Crippen LogP contribution is -2.63. The molecule has 0 bridgehead atoms. The van der Waals surface area contributed by atoms with Crippen molar-refractivity contribution in [2.75, 3.05) is 11.5 Å². The summed E-state index contributed by atoms with van der Waals surface area (Å²) in [7, 11) is -3.19. The first-order valence-electron chi connectivity index (χ1n) is 10.7. The molecule has 1 amide bonds. The number of hydrogen-bond acceptors (Lipinski definition) is 6. The average Bonchev–Trinajstić information content (AvgIpc) is 3.08. The molecular weight excluding hydrogens is 492 g/mol. The number of amides is 1. The maximum absolute atomic E-state index is 13.6. The molecule has 0 radical (unpaired) electrons. The molecule has 3 heterocycles. The van der Waals surface area contributed by atoms with Gasteiger partial charge in [-0.25, -0.2) is 17.2 Å². The maximum Gasteiger partial charge on any atom is 0.387 e. The zero-order valence-corrected chi connectivity index (χ0v) is 19.2. The first-order valence-corrected chi connectivity index (χ1v) is 12.5. The summed E-state index contributed by atoms with van der Waals surface area (Å²) in [6.07, 6.45) is 0.396. The topological polar surface area (TPSA) is 103 Å². The third-order valence-corrected chi connectivity index (χ3v) is 8.20. The second-order valence-electron chi connectivity index (χ2n) is 9.26. The lowest BCUT2D eigenvalue weighted by molar-refractivity contribution is -0.105. The highest BCUT2D eigenvalue weighted by Gasteiger charge is 2.48. The summed E-state index contributed by atoms with van der Waals surface area (Å²) in [4.78, 5) is 17.1. The van der Waals surface area contributed by atoms with E-state index in [2.05, 4.69) is 20.1 Å². The van der Waals surface area contributed by atoms with E-state index >= 15 is 0 Å². The van der Waals surface area contributed by atoms with Gasteiger partial charge in [0, 0.05) is 24.6 Å². The van der Waals surface area contributed by atoms with Gasteiger partial charge in [0.15, 0.2) is 9.84 Å². The van der Waals surface area contributed by atoms with Crippen LogP contribution in [-0.2, 0) is 9.84 Å². The summed E-state index contributed by atoms with van der Waals surface area (Å²) in [6.45, 7) is -1.41. The number of hydrogen-bond donors (Lipinski definition) is 1. The highest BCUT2D eigenvalue weighted by molar-refractivity contribution is 7.93. The van der Waals surface area contributed by atoms with Gasteiger partial charge in [-0.05, 0) is 25.1 Å². The maximum atomic E-state index is 13.6. The number of sulfone groups is 1. The van der Waals surface area contributed by atoms with Gasteiger partial charge < -0.3 is 10.1 Å². The molecule has 3 aromatic rings. The molecule has 186 valence electrons. The van der Waals surface area contributed by atoms with Gasteiger partial charge >= 0.3 is 6.61 Å². The van der Waals surface area contributed by atoms with E-state index in [9.17, 15) is 30.8 Å². The van der Waals surface area contributed by atoms with Gasteiger partial charge in [-0.1, -0.05) is 12.1 Å². The van der Waals surface area contributed by atoms with Gasteiger partial charge in [0.05, 0.1) is 34.2 Å². The molecule has 0 unspecified atom stereocenters. The molecule has 2 aromatic heterocycles. The van der Waals surface area contributed by atoms with E-state index in [4.69, 9.17) is 0 Å². The van der Waals surface area contributed by atoms with Crippen LogP contribution in [0.15, 0.2) is 36.5 Å². The molecule has 1 saturated carbocycles.